The fourth-order valence-electron chi connectivity index (χ4n) is 2.65. The van der Waals surface area contributed by atoms with Gasteiger partial charge in [-0.15, -0.1) is 0 Å². The van der Waals surface area contributed by atoms with E-state index in [1.807, 2.05) is 0 Å². The lowest BCUT2D eigenvalue weighted by Crippen LogP contribution is -2.36. The van der Waals surface area contributed by atoms with E-state index in [2.05, 4.69) is 35.3 Å². The van der Waals surface area contributed by atoms with Crippen molar-refractivity contribution in [3.63, 3.8) is 0 Å². The van der Waals surface area contributed by atoms with Crippen LogP contribution in [0.5, 0.6) is 0 Å². The molecule has 1 saturated carbocycles. The lowest BCUT2D eigenvalue weighted by Gasteiger charge is -2.29. The second-order valence-corrected chi connectivity index (χ2v) is 5.87. The molecule has 0 saturated heterocycles. The molecule has 5 nitrogen and oxygen atoms in total. The van der Waals surface area contributed by atoms with Crippen LogP contribution in [0.4, 0.5) is 0 Å². The highest BCUT2D eigenvalue weighted by molar-refractivity contribution is 5.06. The number of hydrogen-bond acceptors (Lipinski definition) is 5. The van der Waals surface area contributed by atoms with Gasteiger partial charge < -0.3 is 14.6 Å². The Hall–Kier alpha value is -0.910. The van der Waals surface area contributed by atoms with Gasteiger partial charge in [-0.25, -0.2) is 0 Å². The lowest BCUT2D eigenvalue weighted by atomic mass is 10.1. The minimum absolute atomic E-state index is 0.568. The Balaban J connectivity index is 1.87. The molecule has 1 N–H and O–H groups in total. The Morgan fingerprint density at radius 2 is 2.19 bits per heavy atom. The lowest BCUT2D eigenvalue weighted by molar-refractivity contribution is 0.102. The van der Waals surface area contributed by atoms with Gasteiger partial charge >= 0.3 is 0 Å². The normalized spacial score (nSPS) is 15.3. The van der Waals surface area contributed by atoms with Crippen LogP contribution < -0.4 is 5.32 Å². The van der Waals surface area contributed by atoms with E-state index in [1.165, 1.54) is 12.8 Å². The Kier molecular flexibility index (Phi) is 6.67. The average molecular weight is 295 g/mol. The Morgan fingerprint density at radius 3 is 2.81 bits per heavy atom. The molecule has 0 radical (unpaired) electrons. The molecule has 120 valence electrons. The average Bonchev–Trinajstić information content (AvgIpc) is 3.23. The quantitative estimate of drug-likeness (QED) is 0.680. The van der Waals surface area contributed by atoms with Gasteiger partial charge in [0.15, 0.2) is 5.76 Å². The summed E-state index contributed by atoms with van der Waals surface area (Å²) in [5.41, 5.74) is 1.01. The molecule has 0 bridgehead atoms. The number of hydrogen-bond donors (Lipinski definition) is 1. The van der Waals surface area contributed by atoms with Crippen molar-refractivity contribution in [2.45, 2.75) is 64.7 Å². The fourth-order valence-corrected chi connectivity index (χ4v) is 2.65. The standard InChI is InChI=1S/C16H29N3O2/c1-4-15(5-2)19(8-9-20-3)12-16-10-14(18-21-16)11-17-13-6-7-13/h10,13,15,17H,4-9,11-12H2,1-3H3. The maximum atomic E-state index is 5.49. The number of nitrogens with zero attached hydrogens (tertiary/aromatic N) is 2. The first kappa shape index (κ1) is 16.5. The van der Waals surface area contributed by atoms with E-state index in [-0.39, 0.29) is 0 Å². The van der Waals surface area contributed by atoms with Gasteiger partial charge in [-0.1, -0.05) is 19.0 Å². The molecule has 0 unspecified atom stereocenters. The maximum absolute atomic E-state index is 5.49. The third-order valence-corrected chi connectivity index (χ3v) is 4.16. The highest BCUT2D eigenvalue weighted by Crippen LogP contribution is 2.19. The van der Waals surface area contributed by atoms with Crippen LogP contribution >= 0.6 is 0 Å². The Morgan fingerprint density at radius 1 is 1.43 bits per heavy atom. The fraction of sp³-hybridized carbons (Fsp3) is 0.812. The summed E-state index contributed by atoms with van der Waals surface area (Å²) in [6.07, 6.45) is 4.88. The van der Waals surface area contributed by atoms with Crippen LogP contribution in [0, 0.1) is 0 Å². The summed E-state index contributed by atoms with van der Waals surface area (Å²) < 4.78 is 10.7. The van der Waals surface area contributed by atoms with Crippen molar-refractivity contribution in [3.05, 3.63) is 17.5 Å². The first-order valence-corrected chi connectivity index (χ1v) is 8.17. The highest BCUT2D eigenvalue weighted by atomic mass is 16.5. The van der Waals surface area contributed by atoms with E-state index in [9.17, 15) is 0 Å². The summed E-state index contributed by atoms with van der Waals surface area (Å²) in [6.45, 7) is 7.78. The van der Waals surface area contributed by atoms with E-state index in [0.29, 0.717) is 12.1 Å². The van der Waals surface area contributed by atoms with Crippen LogP contribution in [0.1, 0.15) is 51.0 Å². The molecule has 0 atom stereocenters. The maximum Gasteiger partial charge on any atom is 0.151 e. The second kappa shape index (κ2) is 8.51. The number of ether oxygens (including phenoxy) is 1. The summed E-state index contributed by atoms with van der Waals surface area (Å²) in [7, 11) is 1.75. The Labute approximate surface area is 128 Å². The van der Waals surface area contributed by atoms with Crippen molar-refractivity contribution in [2.24, 2.45) is 0 Å². The SMILES string of the molecule is CCC(CC)N(CCOC)Cc1cc(CNC2CC2)no1. The smallest absolute Gasteiger partial charge is 0.151 e. The molecular formula is C16H29N3O2. The molecule has 1 aromatic heterocycles. The molecule has 0 aliphatic heterocycles. The van der Waals surface area contributed by atoms with Gasteiger partial charge in [0.1, 0.15) is 0 Å². The number of aromatic nitrogens is 1. The van der Waals surface area contributed by atoms with Crippen molar-refractivity contribution in [1.29, 1.82) is 0 Å². The van der Waals surface area contributed by atoms with Crippen LogP contribution in [0.2, 0.25) is 0 Å². The Bertz CT molecular complexity index is 400. The van der Waals surface area contributed by atoms with Crippen molar-refractivity contribution in [1.82, 2.24) is 15.4 Å². The zero-order valence-corrected chi connectivity index (χ0v) is 13.6. The molecule has 1 aromatic rings. The third-order valence-electron chi connectivity index (χ3n) is 4.16. The summed E-state index contributed by atoms with van der Waals surface area (Å²) >= 11 is 0. The van der Waals surface area contributed by atoms with Crippen LogP contribution in [-0.4, -0.2) is 42.4 Å². The highest BCUT2D eigenvalue weighted by Gasteiger charge is 2.21. The van der Waals surface area contributed by atoms with Crippen LogP contribution in [-0.2, 0) is 17.8 Å². The minimum Gasteiger partial charge on any atom is -0.383 e. The van der Waals surface area contributed by atoms with Gasteiger partial charge in [0.25, 0.3) is 0 Å². The van der Waals surface area contributed by atoms with E-state index in [1.54, 1.807) is 7.11 Å². The number of nitrogens with one attached hydrogen (secondary N) is 1. The van der Waals surface area contributed by atoms with Crippen LogP contribution in [0.3, 0.4) is 0 Å². The van der Waals surface area contributed by atoms with Gasteiger partial charge in [-0.3, -0.25) is 4.90 Å². The molecule has 2 rings (SSSR count). The summed E-state index contributed by atoms with van der Waals surface area (Å²) in [5.74, 6) is 0.950. The summed E-state index contributed by atoms with van der Waals surface area (Å²) in [6, 6.07) is 3.35. The number of methoxy groups -OCH3 is 1. The monoisotopic (exact) mass is 295 g/mol. The molecule has 0 spiro atoms. The van der Waals surface area contributed by atoms with E-state index >= 15 is 0 Å². The summed E-state index contributed by atoms with van der Waals surface area (Å²) in [5, 5.41) is 7.63. The van der Waals surface area contributed by atoms with Gasteiger partial charge in [0.05, 0.1) is 18.8 Å². The minimum atomic E-state index is 0.568. The molecule has 0 amide bonds. The first-order chi connectivity index (χ1) is 10.3. The van der Waals surface area contributed by atoms with E-state index in [4.69, 9.17) is 9.26 Å². The molecule has 0 aromatic carbocycles. The zero-order chi connectivity index (χ0) is 15.1. The zero-order valence-electron chi connectivity index (χ0n) is 13.6. The molecule has 21 heavy (non-hydrogen) atoms. The largest absolute Gasteiger partial charge is 0.383 e. The van der Waals surface area contributed by atoms with Crippen molar-refractivity contribution < 1.29 is 9.26 Å². The van der Waals surface area contributed by atoms with Gasteiger partial charge in [0, 0.05) is 38.3 Å². The van der Waals surface area contributed by atoms with Crippen molar-refractivity contribution >= 4 is 0 Å². The van der Waals surface area contributed by atoms with E-state index < -0.39 is 0 Å². The van der Waals surface area contributed by atoms with E-state index in [0.717, 1.165) is 50.5 Å². The van der Waals surface area contributed by atoms with Crippen molar-refractivity contribution in [2.75, 3.05) is 20.3 Å². The van der Waals surface area contributed by atoms with Crippen LogP contribution in [0.15, 0.2) is 10.6 Å². The first-order valence-electron chi connectivity index (χ1n) is 8.17. The topological polar surface area (TPSA) is 50.5 Å². The van der Waals surface area contributed by atoms with Gasteiger partial charge in [-0.2, -0.15) is 0 Å². The summed E-state index contributed by atoms with van der Waals surface area (Å²) in [4.78, 5) is 2.43. The molecule has 1 aliphatic carbocycles. The second-order valence-electron chi connectivity index (χ2n) is 5.87. The molecule has 1 aliphatic rings. The van der Waals surface area contributed by atoms with Gasteiger partial charge in [0.2, 0.25) is 0 Å². The van der Waals surface area contributed by atoms with Gasteiger partial charge in [-0.05, 0) is 25.7 Å². The third kappa shape index (κ3) is 5.41. The predicted molar refractivity (Wildman–Crippen MR) is 83.0 cm³/mol. The van der Waals surface area contributed by atoms with Crippen molar-refractivity contribution in [3.8, 4) is 0 Å². The predicted octanol–water partition coefficient (Wildman–Crippen LogP) is 2.56. The molecule has 1 heterocycles. The number of rotatable bonds is 11. The molecular weight excluding hydrogens is 266 g/mol. The molecule has 1 fully saturated rings. The molecule has 5 heteroatoms. The van der Waals surface area contributed by atoms with Crippen LogP contribution in [0.25, 0.3) is 0 Å².